The minimum absolute atomic E-state index is 0.00854. The largest absolute Gasteiger partial charge is 0.507 e. The lowest BCUT2D eigenvalue weighted by atomic mass is 9.92. The maximum absolute atomic E-state index is 14.1. The molecule has 7 heteroatoms. The third-order valence-corrected chi connectivity index (χ3v) is 5.77. The number of aliphatic hydroxyl groups excluding tert-OH is 1. The van der Waals surface area contributed by atoms with Crippen LogP contribution in [0.3, 0.4) is 0 Å². The summed E-state index contributed by atoms with van der Waals surface area (Å²) in [5.74, 6) is -1.98. The number of carbonyl (C=O) groups excluding carboxylic acids is 2. The zero-order valence-electron chi connectivity index (χ0n) is 19.0. The molecule has 3 aromatic rings. The molecule has 0 spiro atoms. The van der Waals surface area contributed by atoms with Crippen molar-refractivity contribution in [2.75, 3.05) is 18.6 Å². The summed E-state index contributed by atoms with van der Waals surface area (Å²) >= 11 is 0. The summed E-state index contributed by atoms with van der Waals surface area (Å²) in [5.41, 5.74) is 1.79. The average Bonchev–Trinajstić information content (AvgIpc) is 3.10. The van der Waals surface area contributed by atoms with Crippen LogP contribution in [0.15, 0.2) is 72.3 Å². The van der Waals surface area contributed by atoms with E-state index in [1.165, 1.54) is 24.1 Å². The van der Waals surface area contributed by atoms with Crippen molar-refractivity contribution >= 4 is 23.1 Å². The van der Waals surface area contributed by atoms with Crippen molar-refractivity contribution in [2.24, 2.45) is 0 Å². The molecule has 1 unspecified atom stereocenters. The van der Waals surface area contributed by atoms with Crippen LogP contribution in [0.5, 0.6) is 11.5 Å². The van der Waals surface area contributed by atoms with Crippen LogP contribution in [0, 0.1) is 12.7 Å². The molecule has 0 aromatic heterocycles. The normalized spacial score (nSPS) is 17.2. The third-order valence-electron chi connectivity index (χ3n) is 5.77. The Labute approximate surface area is 196 Å². The van der Waals surface area contributed by atoms with Crippen molar-refractivity contribution in [2.45, 2.75) is 19.9 Å². The molecule has 1 fully saturated rings. The van der Waals surface area contributed by atoms with Crippen LogP contribution in [0.1, 0.15) is 29.7 Å². The quantitative estimate of drug-likeness (QED) is 0.312. The van der Waals surface area contributed by atoms with E-state index in [1.807, 2.05) is 26.0 Å². The number of amides is 1. The molecule has 1 aliphatic heterocycles. The van der Waals surface area contributed by atoms with E-state index in [-0.39, 0.29) is 16.9 Å². The highest BCUT2D eigenvalue weighted by molar-refractivity contribution is 6.51. The van der Waals surface area contributed by atoms with Gasteiger partial charge in [0.05, 0.1) is 30.9 Å². The summed E-state index contributed by atoms with van der Waals surface area (Å²) in [6.45, 7) is 4.21. The number of Topliss-reactive ketones (excluding diaryl/α,β-unsaturated/α-hetero) is 1. The monoisotopic (exact) mass is 461 g/mol. The van der Waals surface area contributed by atoms with Gasteiger partial charge in [0, 0.05) is 5.69 Å². The number of benzene rings is 3. The lowest BCUT2D eigenvalue weighted by Gasteiger charge is -2.27. The first-order valence-electron chi connectivity index (χ1n) is 10.8. The summed E-state index contributed by atoms with van der Waals surface area (Å²) in [7, 11) is 1.38. The van der Waals surface area contributed by atoms with Crippen molar-refractivity contribution in [3.05, 3.63) is 94.8 Å². The van der Waals surface area contributed by atoms with E-state index < -0.39 is 29.3 Å². The van der Waals surface area contributed by atoms with Gasteiger partial charge in [-0.1, -0.05) is 24.3 Å². The predicted octanol–water partition coefficient (Wildman–Crippen LogP) is 5.17. The second-order valence-corrected chi connectivity index (χ2v) is 7.80. The molecule has 0 aliphatic carbocycles. The van der Waals surface area contributed by atoms with Gasteiger partial charge >= 0.3 is 0 Å². The first-order chi connectivity index (χ1) is 16.4. The third kappa shape index (κ3) is 4.01. The second-order valence-electron chi connectivity index (χ2n) is 7.80. The lowest BCUT2D eigenvalue weighted by Crippen LogP contribution is -2.29. The van der Waals surface area contributed by atoms with Gasteiger partial charge in [-0.15, -0.1) is 0 Å². The van der Waals surface area contributed by atoms with Crippen LogP contribution in [0.2, 0.25) is 0 Å². The summed E-state index contributed by atoms with van der Waals surface area (Å²) in [5, 5.41) is 11.3. The Morgan fingerprint density at radius 2 is 1.76 bits per heavy atom. The second kappa shape index (κ2) is 9.39. The Morgan fingerprint density at radius 1 is 1.06 bits per heavy atom. The first kappa shape index (κ1) is 23.0. The number of nitrogens with zero attached hydrogens (tertiary/aromatic N) is 1. The van der Waals surface area contributed by atoms with Crippen LogP contribution in [-0.2, 0) is 9.59 Å². The van der Waals surface area contributed by atoms with Crippen LogP contribution in [-0.4, -0.2) is 30.5 Å². The lowest BCUT2D eigenvalue weighted by molar-refractivity contribution is -0.132. The molecule has 1 aliphatic rings. The van der Waals surface area contributed by atoms with Gasteiger partial charge in [0.1, 0.15) is 23.1 Å². The van der Waals surface area contributed by atoms with Crippen LogP contribution in [0.25, 0.3) is 5.76 Å². The van der Waals surface area contributed by atoms with Crippen LogP contribution >= 0.6 is 0 Å². The van der Waals surface area contributed by atoms with E-state index in [0.29, 0.717) is 23.6 Å². The average molecular weight is 461 g/mol. The van der Waals surface area contributed by atoms with Gasteiger partial charge in [0.15, 0.2) is 0 Å². The van der Waals surface area contributed by atoms with E-state index >= 15 is 0 Å². The number of rotatable bonds is 6. The highest BCUT2D eigenvalue weighted by atomic mass is 19.1. The fourth-order valence-electron chi connectivity index (χ4n) is 4.17. The summed E-state index contributed by atoms with van der Waals surface area (Å²) in [6, 6.07) is 16.8. The van der Waals surface area contributed by atoms with Crippen molar-refractivity contribution < 1.29 is 28.6 Å². The Hall–Kier alpha value is -4.13. The molecule has 1 N–H and O–H groups in total. The number of anilines is 1. The topological polar surface area (TPSA) is 76.1 Å². The standard InChI is InChI=1S/C27H24FNO5/c1-4-34-19-12-10-18(11-13-19)29-24(20-8-6-5-7-16(20)2)23(26(31)27(29)32)25(30)21-15-17(28)9-14-22(21)33-3/h5-15,24,30H,4H2,1-3H3/b25-23+. The van der Waals surface area contributed by atoms with Gasteiger partial charge in [-0.3, -0.25) is 14.5 Å². The number of aliphatic hydroxyl groups is 1. The number of ether oxygens (including phenoxy) is 2. The highest BCUT2D eigenvalue weighted by Crippen LogP contribution is 2.44. The van der Waals surface area contributed by atoms with Gasteiger partial charge in [-0.05, 0) is 67.4 Å². The molecule has 1 saturated heterocycles. The number of methoxy groups -OCH3 is 1. The molecule has 0 bridgehead atoms. The van der Waals surface area contributed by atoms with Crippen molar-refractivity contribution in [1.82, 2.24) is 0 Å². The molecule has 3 aromatic carbocycles. The van der Waals surface area contributed by atoms with Crippen LogP contribution < -0.4 is 14.4 Å². The molecule has 4 rings (SSSR count). The Bertz CT molecular complexity index is 1280. The van der Waals surface area contributed by atoms with Gasteiger partial charge in [-0.25, -0.2) is 4.39 Å². The maximum Gasteiger partial charge on any atom is 0.300 e. The summed E-state index contributed by atoms with van der Waals surface area (Å²) in [6.07, 6.45) is 0. The zero-order valence-corrected chi connectivity index (χ0v) is 19.0. The van der Waals surface area contributed by atoms with E-state index in [1.54, 1.807) is 36.4 Å². The summed E-state index contributed by atoms with van der Waals surface area (Å²) < 4.78 is 24.8. The Balaban J connectivity index is 1.95. The van der Waals surface area contributed by atoms with E-state index in [9.17, 15) is 19.1 Å². The molecule has 34 heavy (non-hydrogen) atoms. The number of aryl methyl sites for hydroxylation is 1. The smallest absolute Gasteiger partial charge is 0.300 e. The number of hydrogen-bond donors (Lipinski definition) is 1. The fourth-order valence-corrected chi connectivity index (χ4v) is 4.17. The van der Waals surface area contributed by atoms with Crippen molar-refractivity contribution in [3.63, 3.8) is 0 Å². The molecular weight excluding hydrogens is 437 g/mol. The number of halogens is 1. The molecule has 0 radical (unpaired) electrons. The molecule has 1 heterocycles. The van der Waals surface area contributed by atoms with E-state index in [4.69, 9.17) is 9.47 Å². The molecular formula is C27H24FNO5. The SMILES string of the molecule is CCOc1ccc(N2C(=O)C(=O)/C(=C(/O)c3cc(F)ccc3OC)C2c2ccccc2C)cc1. The van der Waals surface area contributed by atoms with Crippen molar-refractivity contribution in [3.8, 4) is 11.5 Å². The van der Waals surface area contributed by atoms with Gasteiger partial charge in [-0.2, -0.15) is 0 Å². The Kier molecular flexibility index (Phi) is 6.36. The molecule has 174 valence electrons. The number of ketones is 1. The predicted molar refractivity (Wildman–Crippen MR) is 127 cm³/mol. The molecule has 1 amide bonds. The summed E-state index contributed by atoms with van der Waals surface area (Å²) in [4.78, 5) is 27.9. The van der Waals surface area contributed by atoms with Crippen LogP contribution in [0.4, 0.5) is 10.1 Å². The first-order valence-corrected chi connectivity index (χ1v) is 10.8. The van der Waals surface area contributed by atoms with E-state index in [2.05, 4.69) is 0 Å². The van der Waals surface area contributed by atoms with Gasteiger partial charge in [0.25, 0.3) is 11.7 Å². The van der Waals surface area contributed by atoms with E-state index in [0.717, 1.165) is 11.6 Å². The van der Waals surface area contributed by atoms with Gasteiger partial charge in [0.2, 0.25) is 0 Å². The molecule has 0 saturated carbocycles. The Morgan fingerprint density at radius 3 is 2.41 bits per heavy atom. The maximum atomic E-state index is 14.1. The minimum Gasteiger partial charge on any atom is -0.507 e. The number of hydrogen-bond acceptors (Lipinski definition) is 5. The van der Waals surface area contributed by atoms with Crippen molar-refractivity contribution in [1.29, 1.82) is 0 Å². The van der Waals surface area contributed by atoms with Gasteiger partial charge < -0.3 is 14.6 Å². The molecule has 1 atom stereocenters. The highest BCUT2D eigenvalue weighted by Gasteiger charge is 2.47. The molecule has 6 nitrogen and oxygen atoms in total. The number of carbonyl (C=O) groups is 2. The minimum atomic E-state index is -0.924. The zero-order chi connectivity index (χ0) is 24.4. The fraction of sp³-hybridized carbons (Fsp3) is 0.185.